The summed E-state index contributed by atoms with van der Waals surface area (Å²) in [5, 5.41) is 2.81. The molecule has 3 aromatic carbocycles. The Labute approximate surface area is 246 Å². The van der Waals surface area contributed by atoms with Crippen LogP contribution >= 0.6 is 0 Å². The molecule has 5 rings (SSSR count). The van der Waals surface area contributed by atoms with Crippen LogP contribution in [-0.4, -0.2) is 39.3 Å². The fraction of sp³-hybridized carbons (Fsp3) is 0.406. The van der Waals surface area contributed by atoms with Crippen molar-refractivity contribution in [3.63, 3.8) is 0 Å². The van der Waals surface area contributed by atoms with Gasteiger partial charge in [0.15, 0.2) is 0 Å². The van der Waals surface area contributed by atoms with Gasteiger partial charge in [0, 0.05) is 30.3 Å². The van der Waals surface area contributed by atoms with Gasteiger partial charge in [-0.05, 0) is 69.0 Å². The number of carbonyl (C=O) groups is 1. The average Bonchev–Trinajstić information content (AvgIpc) is 2.96. The zero-order chi connectivity index (χ0) is 30.2. The highest BCUT2D eigenvalue weighted by molar-refractivity contribution is 7.87. The molecule has 1 aliphatic carbocycles. The predicted molar refractivity (Wildman–Crippen MR) is 161 cm³/mol. The maximum absolute atomic E-state index is 14.0. The molecule has 1 saturated carbocycles. The molecule has 8 nitrogen and oxygen atoms in total. The van der Waals surface area contributed by atoms with Crippen molar-refractivity contribution < 1.29 is 31.3 Å². The Kier molecular flexibility index (Phi) is 8.11. The summed E-state index contributed by atoms with van der Waals surface area (Å²) in [6, 6.07) is 13.1. The van der Waals surface area contributed by atoms with Crippen LogP contribution in [0.5, 0.6) is 17.2 Å². The molecular formula is C32H37FN2O6S. The molecule has 10 heteroatoms. The van der Waals surface area contributed by atoms with Gasteiger partial charge in [0.2, 0.25) is 0 Å². The Hall–Kier alpha value is -3.79. The lowest BCUT2D eigenvalue weighted by atomic mass is 9.91. The second kappa shape index (κ2) is 11.5. The van der Waals surface area contributed by atoms with E-state index >= 15 is 0 Å². The summed E-state index contributed by atoms with van der Waals surface area (Å²) in [7, 11) is -0.569. The molecule has 0 saturated heterocycles. The molecular weight excluding hydrogens is 559 g/mol. The van der Waals surface area contributed by atoms with Crippen LogP contribution in [0, 0.1) is 12.7 Å². The number of methoxy groups -OCH3 is 1. The van der Waals surface area contributed by atoms with E-state index in [-0.39, 0.29) is 18.3 Å². The van der Waals surface area contributed by atoms with Gasteiger partial charge >= 0.3 is 10.1 Å². The summed E-state index contributed by atoms with van der Waals surface area (Å²) >= 11 is 0. The maximum atomic E-state index is 14.0. The highest BCUT2D eigenvalue weighted by Crippen LogP contribution is 2.45. The first-order valence-corrected chi connectivity index (χ1v) is 15.6. The lowest BCUT2D eigenvalue weighted by molar-refractivity contribution is -0.121. The van der Waals surface area contributed by atoms with E-state index in [2.05, 4.69) is 5.32 Å². The Morgan fingerprint density at radius 3 is 2.43 bits per heavy atom. The molecule has 0 unspecified atom stereocenters. The van der Waals surface area contributed by atoms with E-state index in [1.807, 2.05) is 32.9 Å². The van der Waals surface area contributed by atoms with Crippen molar-refractivity contribution in [3.05, 3.63) is 65.5 Å². The summed E-state index contributed by atoms with van der Waals surface area (Å²) in [5.41, 5.74) is 3.37. The molecule has 42 heavy (non-hydrogen) atoms. The SMILES string of the molecule is COc1cc(OS(=O)(=O)C2CCCCC2)ccc1-c1ccc2c(c1COc1cc(F)ccc1C)N(C)C(=O)C(C)(C)N2. The molecule has 224 valence electrons. The number of carbonyl (C=O) groups excluding carboxylic acids is 1. The van der Waals surface area contributed by atoms with Crippen molar-refractivity contribution in [3.8, 4) is 28.4 Å². The molecule has 1 aliphatic heterocycles. The van der Waals surface area contributed by atoms with Crippen LogP contribution in [0.2, 0.25) is 0 Å². The van der Waals surface area contributed by atoms with E-state index in [4.69, 9.17) is 13.7 Å². The van der Waals surface area contributed by atoms with Crippen LogP contribution < -0.4 is 23.9 Å². The van der Waals surface area contributed by atoms with Crippen molar-refractivity contribution in [2.45, 2.75) is 70.3 Å². The van der Waals surface area contributed by atoms with Crippen molar-refractivity contribution in [2.24, 2.45) is 0 Å². The first kappa shape index (κ1) is 29.7. The van der Waals surface area contributed by atoms with E-state index in [9.17, 15) is 17.6 Å². The number of anilines is 2. The third kappa shape index (κ3) is 5.77. The summed E-state index contributed by atoms with van der Waals surface area (Å²) in [6.07, 6.45) is 3.97. The van der Waals surface area contributed by atoms with Crippen molar-refractivity contribution in [1.82, 2.24) is 0 Å². The van der Waals surface area contributed by atoms with E-state index < -0.39 is 26.7 Å². The minimum Gasteiger partial charge on any atom is -0.496 e. The van der Waals surface area contributed by atoms with Gasteiger partial charge in [-0.25, -0.2) is 4.39 Å². The fourth-order valence-corrected chi connectivity index (χ4v) is 7.23. The number of fused-ring (bicyclic) bond motifs is 1. The molecule has 0 bridgehead atoms. The van der Waals surface area contributed by atoms with Gasteiger partial charge in [-0.2, -0.15) is 8.42 Å². The molecule has 0 atom stereocenters. The summed E-state index contributed by atoms with van der Waals surface area (Å²) in [5.74, 6) is 0.414. The Bertz CT molecular complexity index is 1620. The molecule has 1 heterocycles. The van der Waals surface area contributed by atoms with Gasteiger partial charge in [-0.3, -0.25) is 4.79 Å². The molecule has 2 aliphatic rings. The van der Waals surface area contributed by atoms with Gasteiger partial charge < -0.3 is 23.9 Å². The quantitative estimate of drug-likeness (QED) is 0.293. The van der Waals surface area contributed by atoms with E-state index in [1.165, 1.54) is 19.2 Å². The Morgan fingerprint density at radius 1 is 1.00 bits per heavy atom. The molecule has 0 aromatic heterocycles. The normalized spacial score (nSPS) is 16.9. The lowest BCUT2D eigenvalue weighted by Gasteiger charge is -2.39. The van der Waals surface area contributed by atoms with Gasteiger partial charge in [0.05, 0.1) is 23.7 Å². The van der Waals surface area contributed by atoms with Crippen LogP contribution in [0.3, 0.4) is 0 Å². The number of rotatable bonds is 8. The highest BCUT2D eigenvalue weighted by Gasteiger charge is 2.39. The third-order valence-electron chi connectivity index (χ3n) is 8.06. The van der Waals surface area contributed by atoms with Crippen molar-refractivity contribution in [2.75, 3.05) is 24.4 Å². The minimum absolute atomic E-state index is 0.0278. The molecule has 3 aromatic rings. The van der Waals surface area contributed by atoms with Crippen molar-refractivity contribution in [1.29, 1.82) is 0 Å². The van der Waals surface area contributed by atoms with E-state index in [0.717, 1.165) is 30.5 Å². The topological polar surface area (TPSA) is 94.2 Å². The van der Waals surface area contributed by atoms with Crippen LogP contribution in [0.1, 0.15) is 57.1 Å². The minimum atomic E-state index is -3.79. The number of amides is 1. The zero-order valence-electron chi connectivity index (χ0n) is 24.6. The second-order valence-electron chi connectivity index (χ2n) is 11.5. The van der Waals surface area contributed by atoms with Crippen molar-refractivity contribution >= 4 is 27.4 Å². The average molecular weight is 597 g/mol. The molecule has 0 radical (unpaired) electrons. The number of aryl methyl sites for hydroxylation is 1. The predicted octanol–water partition coefficient (Wildman–Crippen LogP) is 6.60. The largest absolute Gasteiger partial charge is 0.496 e. The maximum Gasteiger partial charge on any atom is 0.312 e. The van der Waals surface area contributed by atoms with E-state index in [1.54, 1.807) is 36.2 Å². The molecule has 0 spiro atoms. The molecule has 1 amide bonds. The standard InChI is InChI=1S/C32H37FN2O6S/c1-20-11-12-21(33)17-28(20)40-19-26-24(15-16-27-30(26)35(4)31(36)32(2,3)34-27)25-14-13-22(18-29(25)39-5)41-42(37,38)23-9-7-6-8-10-23/h11-18,23,34H,6-10,19H2,1-5H3. The van der Waals surface area contributed by atoms with Gasteiger partial charge in [0.25, 0.3) is 5.91 Å². The number of hydrogen-bond acceptors (Lipinski definition) is 7. The first-order chi connectivity index (χ1) is 19.9. The summed E-state index contributed by atoms with van der Waals surface area (Å²) in [4.78, 5) is 14.9. The fourth-order valence-electron chi connectivity index (χ4n) is 5.81. The number of benzene rings is 3. The van der Waals surface area contributed by atoms with Crippen LogP contribution in [-0.2, 0) is 21.5 Å². The monoisotopic (exact) mass is 596 g/mol. The number of halogens is 1. The lowest BCUT2D eigenvalue weighted by Crippen LogP contribution is -2.52. The number of nitrogens with one attached hydrogen (secondary N) is 1. The number of hydrogen-bond donors (Lipinski definition) is 1. The van der Waals surface area contributed by atoms with Gasteiger partial charge in [-0.15, -0.1) is 0 Å². The van der Waals surface area contributed by atoms with Crippen LogP contribution in [0.4, 0.5) is 15.8 Å². The Balaban J connectivity index is 1.57. The number of nitrogens with zero attached hydrogens (tertiary/aromatic N) is 1. The highest BCUT2D eigenvalue weighted by atomic mass is 32.2. The third-order valence-corrected chi connectivity index (χ3v) is 9.78. The second-order valence-corrected chi connectivity index (χ2v) is 13.3. The summed E-state index contributed by atoms with van der Waals surface area (Å²) in [6.45, 7) is 5.50. The van der Waals surface area contributed by atoms with Gasteiger partial charge in [-0.1, -0.05) is 31.4 Å². The first-order valence-electron chi connectivity index (χ1n) is 14.1. The molecule has 1 N–H and O–H groups in total. The van der Waals surface area contributed by atoms with Crippen LogP contribution in [0.15, 0.2) is 48.5 Å². The smallest absolute Gasteiger partial charge is 0.312 e. The Morgan fingerprint density at radius 2 is 1.71 bits per heavy atom. The zero-order valence-corrected chi connectivity index (χ0v) is 25.4. The van der Waals surface area contributed by atoms with Gasteiger partial charge in [0.1, 0.15) is 35.2 Å². The van der Waals surface area contributed by atoms with Crippen LogP contribution in [0.25, 0.3) is 11.1 Å². The molecule has 1 fully saturated rings. The van der Waals surface area contributed by atoms with E-state index in [0.29, 0.717) is 46.7 Å². The summed E-state index contributed by atoms with van der Waals surface area (Å²) < 4.78 is 57.4. The number of ether oxygens (including phenoxy) is 2. The number of likely N-dealkylation sites (N-methyl/N-ethyl adjacent to an activating group) is 1.